The predicted octanol–water partition coefficient (Wildman–Crippen LogP) is 6.20. The minimum atomic E-state index is -0.142. The fourth-order valence-corrected chi connectivity index (χ4v) is 3.93. The number of hydrogen-bond donors (Lipinski definition) is 1. The van der Waals surface area contributed by atoms with Crippen molar-refractivity contribution >= 4 is 40.3 Å². The van der Waals surface area contributed by atoms with Gasteiger partial charge in [0.15, 0.2) is 5.43 Å². The minimum absolute atomic E-state index is 0.142. The molecule has 0 radical (unpaired) electrons. The number of aliphatic hydroxyl groups excluding tert-OH is 1. The van der Waals surface area contributed by atoms with Crippen LogP contribution < -0.4 is 5.43 Å². The summed E-state index contributed by atoms with van der Waals surface area (Å²) in [7, 11) is 1.00. The molecule has 1 N–H and O–H groups in total. The molecule has 4 rings (SSSR count). The summed E-state index contributed by atoms with van der Waals surface area (Å²) in [6, 6.07) is 20.0. The van der Waals surface area contributed by atoms with Crippen LogP contribution in [-0.4, -0.2) is 16.6 Å². The summed E-state index contributed by atoms with van der Waals surface area (Å²) in [5, 5.41) is 8.51. The van der Waals surface area contributed by atoms with E-state index in [2.05, 4.69) is 0 Å². The predicted molar refractivity (Wildman–Crippen MR) is 118 cm³/mol. The Hall–Kier alpha value is -2.30. The fourth-order valence-electron chi connectivity index (χ4n) is 3.11. The quantitative estimate of drug-likeness (QED) is 0.409. The molecular formula is C22H16Cl3NO2. The second kappa shape index (κ2) is 8.80. The standard InChI is InChI=1S/C21H12Cl3NO.CH4O/c22-14-6-2-1-5-13(14)17-9-4-10-18-21(19(26)11-12-25(17)18)20-15(23)7-3-8-16(20)24;1-2/h1-12H;2H,1H3. The molecule has 2 heterocycles. The van der Waals surface area contributed by atoms with E-state index in [4.69, 9.17) is 39.9 Å². The summed E-state index contributed by atoms with van der Waals surface area (Å²) in [5.41, 5.74) is 3.32. The van der Waals surface area contributed by atoms with E-state index in [1.807, 2.05) is 46.9 Å². The van der Waals surface area contributed by atoms with Gasteiger partial charge >= 0.3 is 0 Å². The number of hydrogen-bond acceptors (Lipinski definition) is 2. The Bertz CT molecular complexity index is 1180. The molecule has 0 bridgehead atoms. The van der Waals surface area contributed by atoms with Crippen LogP contribution in [0, 0.1) is 0 Å². The highest BCUT2D eigenvalue weighted by atomic mass is 35.5. The summed E-state index contributed by atoms with van der Waals surface area (Å²) in [6.07, 6.45) is 1.74. The lowest BCUT2D eigenvalue weighted by Crippen LogP contribution is -2.09. The fraction of sp³-hybridized carbons (Fsp3) is 0.0455. The van der Waals surface area contributed by atoms with E-state index in [1.54, 1.807) is 24.4 Å². The van der Waals surface area contributed by atoms with Gasteiger partial charge in [-0.25, -0.2) is 0 Å². The number of aliphatic hydroxyl groups is 1. The van der Waals surface area contributed by atoms with Crippen LogP contribution >= 0.6 is 34.8 Å². The van der Waals surface area contributed by atoms with Crippen LogP contribution in [0.15, 0.2) is 77.7 Å². The van der Waals surface area contributed by atoms with Crippen molar-refractivity contribution in [1.82, 2.24) is 4.40 Å². The molecular weight excluding hydrogens is 417 g/mol. The maximum Gasteiger partial charge on any atom is 0.190 e. The van der Waals surface area contributed by atoms with E-state index in [1.165, 1.54) is 6.07 Å². The summed E-state index contributed by atoms with van der Waals surface area (Å²) in [6.45, 7) is 0. The van der Waals surface area contributed by atoms with Crippen LogP contribution in [0.25, 0.3) is 27.9 Å². The van der Waals surface area contributed by atoms with Crippen LogP contribution in [0.1, 0.15) is 0 Å². The van der Waals surface area contributed by atoms with Crippen molar-refractivity contribution in [2.24, 2.45) is 0 Å². The third-order valence-corrected chi connectivity index (χ3v) is 5.23. The Balaban J connectivity index is 0.00000109. The Labute approximate surface area is 177 Å². The van der Waals surface area contributed by atoms with Crippen molar-refractivity contribution in [2.75, 3.05) is 7.11 Å². The normalized spacial score (nSPS) is 10.5. The van der Waals surface area contributed by atoms with Gasteiger partial charge in [0.05, 0.1) is 26.8 Å². The third kappa shape index (κ3) is 3.67. The Morgan fingerprint density at radius 2 is 1.32 bits per heavy atom. The van der Waals surface area contributed by atoms with Gasteiger partial charge in [-0.1, -0.05) is 65.1 Å². The molecule has 0 unspecified atom stereocenters. The van der Waals surface area contributed by atoms with E-state index < -0.39 is 0 Å². The highest BCUT2D eigenvalue weighted by molar-refractivity contribution is 6.39. The Kier molecular flexibility index (Phi) is 6.42. The molecule has 0 amide bonds. The Morgan fingerprint density at radius 3 is 2.00 bits per heavy atom. The maximum atomic E-state index is 12.7. The highest BCUT2D eigenvalue weighted by Crippen LogP contribution is 2.36. The first-order valence-electron chi connectivity index (χ1n) is 8.36. The minimum Gasteiger partial charge on any atom is -0.400 e. The van der Waals surface area contributed by atoms with Gasteiger partial charge in [-0.2, -0.15) is 0 Å². The van der Waals surface area contributed by atoms with Gasteiger partial charge in [0.2, 0.25) is 0 Å². The van der Waals surface area contributed by atoms with Crippen molar-refractivity contribution in [1.29, 1.82) is 0 Å². The first-order valence-corrected chi connectivity index (χ1v) is 9.49. The van der Waals surface area contributed by atoms with E-state index in [-0.39, 0.29) is 5.43 Å². The SMILES string of the molecule is CO.O=c1ccn2c(-c3ccccc3Cl)cccc2c1-c1c(Cl)cccc1Cl. The number of nitrogens with zero attached hydrogens (tertiary/aromatic N) is 1. The first-order chi connectivity index (χ1) is 13.6. The molecule has 0 aliphatic rings. The van der Waals surface area contributed by atoms with Gasteiger partial charge < -0.3 is 9.51 Å². The summed E-state index contributed by atoms with van der Waals surface area (Å²) in [4.78, 5) is 12.7. The van der Waals surface area contributed by atoms with Gasteiger partial charge in [-0.15, -0.1) is 0 Å². The molecule has 0 aliphatic heterocycles. The van der Waals surface area contributed by atoms with Gasteiger partial charge in [-0.05, 0) is 30.3 Å². The monoisotopic (exact) mass is 431 g/mol. The molecule has 0 spiro atoms. The number of aromatic nitrogens is 1. The van der Waals surface area contributed by atoms with Crippen molar-refractivity contribution in [3.8, 4) is 22.4 Å². The molecule has 3 nitrogen and oxygen atoms in total. The van der Waals surface area contributed by atoms with Crippen molar-refractivity contribution in [2.45, 2.75) is 0 Å². The number of rotatable bonds is 2. The molecule has 2 aromatic heterocycles. The molecule has 0 fully saturated rings. The topological polar surface area (TPSA) is 41.7 Å². The number of pyridine rings is 2. The van der Waals surface area contributed by atoms with Crippen LogP contribution in [0.2, 0.25) is 15.1 Å². The second-order valence-corrected chi connectivity index (χ2v) is 7.02. The van der Waals surface area contributed by atoms with Gasteiger partial charge in [0.25, 0.3) is 0 Å². The molecule has 0 saturated carbocycles. The van der Waals surface area contributed by atoms with E-state index >= 15 is 0 Å². The number of fused-ring (bicyclic) bond motifs is 1. The lowest BCUT2D eigenvalue weighted by molar-refractivity contribution is 0.399. The Morgan fingerprint density at radius 1 is 0.714 bits per heavy atom. The molecule has 4 aromatic rings. The smallest absolute Gasteiger partial charge is 0.190 e. The van der Waals surface area contributed by atoms with Crippen LogP contribution in [0.3, 0.4) is 0 Å². The van der Waals surface area contributed by atoms with Gasteiger partial charge in [-0.3, -0.25) is 4.79 Å². The second-order valence-electron chi connectivity index (χ2n) is 5.80. The zero-order valence-electron chi connectivity index (χ0n) is 14.9. The molecule has 0 atom stereocenters. The summed E-state index contributed by atoms with van der Waals surface area (Å²) in [5.74, 6) is 0. The van der Waals surface area contributed by atoms with Crippen LogP contribution in [0.5, 0.6) is 0 Å². The molecule has 142 valence electrons. The molecule has 0 aliphatic carbocycles. The lowest BCUT2D eigenvalue weighted by Gasteiger charge is -2.15. The molecule has 28 heavy (non-hydrogen) atoms. The molecule has 0 saturated heterocycles. The number of halogens is 3. The van der Waals surface area contributed by atoms with E-state index in [0.717, 1.165) is 18.4 Å². The average Bonchev–Trinajstić information content (AvgIpc) is 2.71. The summed E-state index contributed by atoms with van der Waals surface area (Å²) >= 11 is 19.1. The van der Waals surface area contributed by atoms with E-state index in [0.29, 0.717) is 31.7 Å². The zero-order chi connectivity index (χ0) is 20.3. The molecule has 2 aromatic carbocycles. The van der Waals surface area contributed by atoms with Gasteiger partial charge in [0.1, 0.15) is 0 Å². The van der Waals surface area contributed by atoms with Crippen molar-refractivity contribution in [3.05, 3.63) is 98.2 Å². The van der Waals surface area contributed by atoms with Crippen molar-refractivity contribution < 1.29 is 5.11 Å². The van der Waals surface area contributed by atoms with Crippen LogP contribution in [-0.2, 0) is 0 Å². The summed E-state index contributed by atoms with van der Waals surface area (Å²) < 4.78 is 1.93. The first kappa shape index (κ1) is 20.4. The molecule has 6 heteroatoms. The third-order valence-electron chi connectivity index (χ3n) is 4.27. The average molecular weight is 433 g/mol. The maximum absolute atomic E-state index is 12.7. The van der Waals surface area contributed by atoms with Crippen LogP contribution in [0.4, 0.5) is 0 Å². The van der Waals surface area contributed by atoms with Crippen molar-refractivity contribution in [3.63, 3.8) is 0 Å². The lowest BCUT2D eigenvalue weighted by atomic mass is 10.0. The largest absolute Gasteiger partial charge is 0.400 e. The van der Waals surface area contributed by atoms with E-state index in [9.17, 15) is 4.79 Å². The van der Waals surface area contributed by atoms with Gasteiger partial charge in [0, 0.05) is 35.5 Å². The zero-order valence-corrected chi connectivity index (χ0v) is 17.1. The highest BCUT2D eigenvalue weighted by Gasteiger charge is 2.16. The number of benzene rings is 2.